The molecule has 1 amide bonds. The fraction of sp³-hybridized carbons (Fsp3) is 0.600. The molecule has 1 fully saturated rings. The van der Waals surface area contributed by atoms with Gasteiger partial charge in [-0.3, -0.25) is 10.1 Å². The maximum Gasteiger partial charge on any atom is 0.414 e. The van der Waals surface area contributed by atoms with Crippen molar-refractivity contribution in [2.75, 3.05) is 23.3 Å². The maximum absolute atomic E-state index is 11.8. The lowest BCUT2D eigenvalue weighted by Gasteiger charge is -2.31. The molecule has 8 heteroatoms. The van der Waals surface area contributed by atoms with Crippen LogP contribution < -0.4 is 10.2 Å². The average Bonchev–Trinajstić information content (AvgIpc) is 2.45. The zero-order valence-corrected chi connectivity index (χ0v) is 13.6. The standard InChI is InChI=1S/C15H22N4O4/c1-15(2,3)23-14(22)18-13-16-7-6-11(17-13)19-8-4-5-10(9-19)12(20)21/h6-7,10H,4-5,8-9H2,1-3H3,(H,20,21)(H,16,17,18,22)/t10-/m1/s1. The summed E-state index contributed by atoms with van der Waals surface area (Å²) in [6.07, 6.45) is 2.35. The first-order valence-electron chi connectivity index (χ1n) is 7.55. The van der Waals surface area contributed by atoms with E-state index >= 15 is 0 Å². The van der Waals surface area contributed by atoms with Crippen LogP contribution in [0.15, 0.2) is 12.3 Å². The number of carboxylic acid groups (broad SMARTS) is 1. The Morgan fingerprint density at radius 3 is 2.83 bits per heavy atom. The van der Waals surface area contributed by atoms with Crippen LogP contribution in [0.4, 0.5) is 16.6 Å². The SMILES string of the molecule is CC(C)(C)OC(=O)Nc1nccc(N2CCC[C@@H](C(=O)O)C2)n1. The molecule has 1 atom stereocenters. The first-order valence-corrected chi connectivity index (χ1v) is 7.55. The van der Waals surface area contributed by atoms with Crippen molar-refractivity contribution < 1.29 is 19.4 Å². The minimum absolute atomic E-state index is 0.134. The fourth-order valence-corrected chi connectivity index (χ4v) is 2.37. The quantitative estimate of drug-likeness (QED) is 0.878. The molecule has 1 aromatic rings. The molecule has 0 radical (unpaired) electrons. The van der Waals surface area contributed by atoms with Crippen molar-refractivity contribution in [1.82, 2.24) is 9.97 Å². The summed E-state index contributed by atoms with van der Waals surface area (Å²) in [6, 6.07) is 1.70. The first kappa shape index (κ1) is 17.0. The number of aliphatic carboxylic acids is 1. The van der Waals surface area contributed by atoms with Gasteiger partial charge in [-0.15, -0.1) is 0 Å². The molecule has 0 bridgehead atoms. The first-order chi connectivity index (χ1) is 10.7. The van der Waals surface area contributed by atoms with Crippen LogP contribution in [0.2, 0.25) is 0 Å². The number of piperidine rings is 1. The highest BCUT2D eigenvalue weighted by Crippen LogP contribution is 2.22. The van der Waals surface area contributed by atoms with E-state index in [9.17, 15) is 9.59 Å². The Labute approximate surface area is 134 Å². The Hall–Kier alpha value is -2.38. The second-order valence-electron chi connectivity index (χ2n) is 6.49. The molecule has 0 saturated carbocycles. The molecular weight excluding hydrogens is 300 g/mol. The van der Waals surface area contributed by atoms with Gasteiger partial charge in [-0.1, -0.05) is 0 Å². The number of anilines is 2. The average molecular weight is 322 g/mol. The lowest BCUT2D eigenvalue weighted by molar-refractivity contribution is -0.141. The van der Waals surface area contributed by atoms with E-state index in [0.29, 0.717) is 18.8 Å². The van der Waals surface area contributed by atoms with Crippen LogP contribution >= 0.6 is 0 Å². The van der Waals surface area contributed by atoms with Gasteiger partial charge in [-0.05, 0) is 39.7 Å². The summed E-state index contributed by atoms with van der Waals surface area (Å²) in [5, 5.41) is 11.6. The van der Waals surface area contributed by atoms with Gasteiger partial charge in [0.15, 0.2) is 0 Å². The summed E-state index contributed by atoms with van der Waals surface area (Å²) in [5.41, 5.74) is -0.608. The van der Waals surface area contributed by atoms with Gasteiger partial charge in [0.25, 0.3) is 0 Å². The maximum atomic E-state index is 11.8. The molecule has 2 heterocycles. The molecule has 0 aromatic carbocycles. The molecule has 1 aliphatic rings. The molecule has 1 aromatic heterocycles. The van der Waals surface area contributed by atoms with Crippen LogP contribution in [0, 0.1) is 5.92 Å². The topological polar surface area (TPSA) is 105 Å². The molecule has 0 spiro atoms. The highest BCUT2D eigenvalue weighted by atomic mass is 16.6. The molecule has 2 rings (SSSR count). The second kappa shape index (κ2) is 6.80. The van der Waals surface area contributed by atoms with E-state index in [0.717, 1.165) is 13.0 Å². The normalized spacial score (nSPS) is 18.4. The van der Waals surface area contributed by atoms with Crippen molar-refractivity contribution >= 4 is 23.8 Å². The molecule has 1 aliphatic heterocycles. The number of aromatic nitrogens is 2. The highest BCUT2D eigenvalue weighted by Gasteiger charge is 2.26. The number of nitrogens with one attached hydrogen (secondary N) is 1. The van der Waals surface area contributed by atoms with E-state index in [1.807, 2.05) is 4.90 Å². The van der Waals surface area contributed by atoms with Gasteiger partial charge in [0.05, 0.1) is 5.92 Å². The number of nitrogens with zero attached hydrogens (tertiary/aromatic N) is 3. The number of carboxylic acids is 1. The monoisotopic (exact) mass is 322 g/mol. The number of hydrogen-bond donors (Lipinski definition) is 2. The van der Waals surface area contributed by atoms with Gasteiger partial charge in [0.2, 0.25) is 5.95 Å². The number of ether oxygens (including phenoxy) is 1. The van der Waals surface area contributed by atoms with Gasteiger partial charge >= 0.3 is 12.1 Å². The Kier molecular flexibility index (Phi) is 5.02. The van der Waals surface area contributed by atoms with Crippen molar-refractivity contribution in [3.8, 4) is 0 Å². The van der Waals surface area contributed by atoms with E-state index < -0.39 is 23.6 Å². The van der Waals surface area contributed by atoms with Crippen molar-refractivity contribution in [2.24, 2.45) is 5.92 Å². The van der Waals surface area contributed by atoms with Crippen LogP contribution in [-0.4, -0.2) is 45.8 Å². The van der Waals surface area contributed by atoms with E-state index in [1.54, 1.807) is 26.8 Å². The van der Waals surface area contributed by atoms with Crippen molar-refractivity contribution in [3.63, 3.8) is 0 Å². The molecule has 0 unspecified atom stereocenters. The van der Waals surface area contributed by atoms with Gasteiger partial charge < -0.3 is 14.7 Å². The number of hydrogen-bond acceptors (Lipinski definition) is 6. The second-order valence-corrected chi connectivity index (χ2v) is 6.49. The van der Waals surface area contributed by atoms with E-state index in [4.69, 9.17) is 9.84 Å². The van der Waals surface area contributed by atoms with E-state index in [2.05, 4.69) is 15.3 Å². The molecule has 8 nitrogen and oxygen atoms in total. The number of amides is 1. The highest BCUT2D eigenvalue weighted by molar-refractivity contribution is 5.82. The van der Waals surface area contributed by atoms with Crippen LogP contribution in [0.5, 0.6) is 0 Å². The number of rotatable bonds is 3. The van der Waals surface area contributed by atoms with Crippen molar-refractivity contribution in [1.29, 1.82) is 0 Å². The third-order valence-corrected chi connectivity index (χ3v) is 3.35. The zero-order chi connectivity index (χ0) is 17.0. The lowest BCUT2D eigenvalue weighted by Crippen LogP contribution is -2.39. The fourth-order valence-electron chi connectivity index (χ4n) is 2.37. The Morgan fingerprint density at radius 1 is 1.43 bits per heavy atom. The molecule has 1 saturated heterocycles. The molecule has 2 N–H and O–H groups in total. The van der Waals surface area contributed by atoms with Gasteiger partial charge in [-0.25, -0.2) is 9.78 Å². The van der Waals surface area contributed by atoms with Crippen LogP contribution in [-0.2, 0) is 9.53 Å². The zero-order valence-electron chi connectivity index (χ0n) is 13.6. The molecule has 126 valence electrons. The summed E-state index contributed by atoms with van der Waals surface area (Å²) in [4.78, 5) is 33.1. The van der Waals surface area contributed by atoms with E-state index in [1.165, 1.54) is 6.20 Å². The van der Waals surface area contributed by atoms with Crippen LogP contribution in [0.1, 0.15) is 33.6 Å². The van der Waals surface area contributed by atoms with Gasteiger partial charge in [0.1, 0.15) is 11.4 Å². The third-order valence-electron chi connectivity index (χ3n) is 3.35. The third kappa shape index (κ3) is 5.08. The minimum Gasteiger partial charge on any atom is -0.481 e. The predicted molar refractivity (Wildman–Crippen MR) is 84.5 cm³/mol. The summed E-state index contributed by atoms with van der Waals surface area (Å²) in [6.45, 7) is 6.43. The lowest BCUT2D eigenvalue weighted by atomic mass is 9.98. The smallest absolute Gasteiger partial charge is 0.414 e. The molecule has 23 heavy (non-hydrogen) atoms. The Bertz CT molecular complexity index is 585. The van der Waals surface area contributed by atoms with Crippen LogP contribution in [0.25, 0.3) is 0 Å². The summed E-state index contributed by atoms with van der Waals surface area (Å²) >= 11 is 0. The Balaban J connectivity index is 2.04. The van der Waals surface area contributed by atoms with Crippen molar-refractivity contribution in [2.45, 2.75) is 39.2 Å². The minimum atomic E-state index is -0.796. The van der Waals surface area contributed by atoms with Crippen LogP contribution in [0.3, 0.4) is 0 Å². The van der Waals surface area contributed by atoms with E-state index in [-0.39, 0.29) is 5.95 Å². The summed E-state index contributed by atoms with van der Waals surface area (Å²) in [7, 11) is 0. The number of carbonyl (C=O) groups is 2. The predicted octanol–water partition coefficient (Wildman–Crippen LogP) is 2.12. The van der Waals surface area contributed by atoms with Crippen molar-refractivity contribution in [3.05, 3.63) is 12.3 Å². The van der Waals surface area contributed by atoms with Gasteiger partial charge in [-0.2, -0.15) is 4.98 Å². The van der Waals surface area contributed by atoms with Gasteiger partial charge in [0, 0.05) is 19.3 Å². The summed E-state index contributed by atoms with van der Waals surface area (Å²) in [5.74, 6) is -0.469. The molecular formula is C15H22N4O4. The largest absolute Gasteiger partial charge is 0.481 e. The number of carbonyl (C=O) groups excluding carboxylic acids is 1. The summed E-state index contributed by atoms with van der Waals surface area (Å²) < 4.78 is 5.15. The molecule has 0 aliphatic carbocycles. The Morgan fingerprint density at radius 2 is 2.17 bits per heavy atom.